The number of carbonyl (C=O) groups is 1. The molecule has 10 heteroatoms. The predicted molar refractivity (Wildman–Crippen MR) is 154 cm³/mol. The van der Waals surface area contributed by atoms with Crippen molar-refractivity contribution in [3.63, 3.8) is 0 Å². The third-order valence-electron chi connectivity index (χ3n) is 7.49. The summed E-state index contributed by atoms with van der Waals surface area (Å²) in [5, 5.41) is 17.0. The minimum atomic E-state index is -1.87. The molecule has 42 heavy (non-hydrogen) atoms. The van der Waals surface area contributed by atoms with Crippen molar-refractivity contribution in [3.05, 3.63) is 94.4 Å². The fraction of sp³-hybridized carbons (Fsp3) is 0.344. The number of imidazole rings is 1. The number of nitrogens with zero attached hydrogens (tertiary/aromatic N) is 5. The number of aromatic nitrogens is 5. The van der Waals surface area contributed by atoms with E-state index in [-0.39, 0.29) is 5.92 Å². The van der Waals surface area contributed by atoms with Gasteiger partial charge in [0.1, 0.15) is 22.8 Å². The van der Waals surface area contributed by atoms with E-state index in [1.54, 1.807) is 25.3 Å². The molecule has 0 aliphatic heterocycles. The normalized spacial score (nSPS) is 15.1. The Morgan fingerprint density at radius 1 is 1.05 bits per heavy atom. The monoisotopic (exact) mass is 569 g/mol. The number of pyridine rings is 2. The summed E-state index contributed by atoms with van der Waals surface area (Å²) in [5.74, 6) is 0.537. The van der Waals surface area contributed by atoms with Crippen molar-refractivity contribution in [2.45, 2.75) is 71.5 Å². The second kappa shape index (κ2) is 9.84. The number of aryl methyl sites for hydroxylation is 3. The lowest BCUT2D eigenvalue weighted by Crippen LogP contribution is -2.30. The average Bonchev–Trinajstić information content (AvgIpc) is 3.62. The summed E-state index contributed by atoms with van der Waals surface area (Å²) in [6.45, 7) is 10.9. The molecule has 1 aromatic carbocycles. The third kappa shape index (κ3) is 4.75. The van der Waals surface area contributed by atoms with E-state index >= 15 is 0 Å². The number of hydrogen-bond acceptors (Lipinski definition) is 8. The summed E-state index contributed by atoms with van der Waals surface area (Å²) in [4.78, 5) is 27.0. The largest absolute Gasteiger partial charge is 0.443 e. The van der Waals surface area contributed by atoms with E-state index in [4.69, 9.17) is 14.2 Å². The lowest BCUT2D eigenvalue weighted by atomic mass is 9.80. The summed E-state index contributed by atoms with van der Waals surface area (Å²) < 4.78 is 26.9. The summed E-state index contributed by atoms with van der Waals surface area (Å²) in [6, 6.07) is 9.93. The van der Waals surface area contributed by atoms with Crippen LogP contribution < -0.4 is 0 Å². The smallest absolute Gasteiger partial charge is 0.420 e. The van der Waals surface area contributed by atoms with Gasteiger partial charge in [-0.3, -0.25) is 4.98 Å². The van der Waals surface area contributed by atoms with Crippen LogP contribution in [-0.2, 0) is 10.3 Å². The summed E-state index contributed by atoms with van der Waals surface area (Å²) in [7, 11) is 0. The Bertz CT molecular complexity index is 1750. The lowest BCUT2D eigenvalue weighted by Gasteiger charge is -2.30. The van der Waals surface area contributed by atoms with Crippen LogP contribution in [0.5, 0.6) is 0 Å². The number of carbonyl (C=O) groups excluding carboxylic acids is 1. The van der Waals surface area contributed by atoms with E-state index in [1.807, 2.05) is 46.8 Å². The zero-order valence-electron chi connectivity index (χ0n) is 24.4. The molecule has 4 aromatic heterocycles. The van der Waals surface area contributed by atoms with Crippen LogP contribution in [-0.4, -0.2) is 41.5 Å². The Morgan fingerprint density at radius 2 is 1.74 bits per heavy atom. The second-order valence-electron chi connectivity index (χ2n) is 11.9. The summed E-state index contributed by atoms with van der Waals surface area (Å²) >= 11 is 0. The highest BCUT2D eigenvalue weighted by atomic mass is 19.1. The van der Waals surface area contributed by atoms with Crippen molar-refractivity contribution in [3.8, 4) is 11.1 Å². The van der Waals surface area contributed by atoms with E-state index in [2.05, 4.69) is 15.1 Å². The molecule has 1 unspecified atom stereocenters. The van der Waals surface area contributed by atoms with Crippen molar-refractivity contribution in [1.82, 2.24) is 24.7 Å². The van der Waals surface area contributed by atoms with Crippen molar-refractivity contribution < 1.29 is 23.6 Å². The van der Waals surface area contributed by atoms with Crippen LogP contribution in [0, 0.1) is 26.7 Å². The molecule has 9 nitrogen and oxygen atoms in total. The topological polar surface area (TPSA) is 116 Å². The van der Waals surface area contributed by atoms with Gasteiger partial charge in [0, 0.05) is 46.3 Å². The van der Waals surface area contributed by atoms with Crippen molar-refractivity contribution >= 4 is 17.1 Å². The van der Waals surface area contributed by atoms with Crippen molar-refractivity contribution in [2.75, 3.05) is 0 Å². The third-order valence-corrected chi connectivity index (χ3v) is 7.49. The molecule has 1 N–H and O–H groups in total. The van der Waals surface area contributed by atoms with Crippen LogP contribution >= 0.6 is 0 Å². The minimum absolute atomic E-state index is 0.0712. The molecule has 1 atom stereocenters. The maximum atomic E-state index is 14.0. The highest BCUT2D eigenvalue weighted by Gasteiger charge is 2.41. The molecule has 0 saturated heterocycles. The maximum Gasteiger partial charge on any atom is 0.420 e. The summed E-state index contributed by atoms with van der Waals surface area (Å²) in [5.41, 5.74) is 2.17. The first-order chi connectivity index (χ1) is 19.9. The van der Waals surface area contributed by atoms with E-state index < -0.39 is 23.2 Å². The van der Waals surface area contributed by atoms with Crippen molar-refractivity contribution in [1.29, 1.82) is 0 Å². The number of ether oxygens (including phenoxy) is 1. The van der Waals surface area contributed by atoms with Crippen LogP contribution in [0.2, 0.25) is 0 Å². The molecule has 1 aliphatic carbocycles. The zero-order chi connectivity index (χ0) is 30.0. The van der Waals surface area contributed by atoms with Crippen LogP contribution in [0.1, 0.15) is 79.2 Å². The van der Waals surface area contributed by atoms with Gasteiger partial charge in [0.15, 0.2) is 0 Å². The highest BCUT2D eigenvalue weighted by Crippen LogP contribution is 2.46. The molecular weight excluding hydrogens is 537 g/mol. The molecule has 1 aliphatic rings. The highest BCUT2D eigenvalue weighted by molar-refractivity contribution is 5.94. The van der Waals surface area contributed by atoms with Gasteiger partial charge in [0.05, 0.1) is 16.7 Å². The SMILES string of the molecule is Cc1ccc(C(O)(c2ccc(F)nc2)c2cc(-c3c(C)noc3C)cc3c2nc(C2CC2)n3C(=O)OC(C)(C)C)cn1. The van der Waals surface area contributed by atoms with Gasteiger partial charge < -0.3 is 14.4 Å². The zero-order valence-corrected chi connectivity index (χ0v) is 24.4. The molecule has 0 bridgehead atoms. The van der Waals surface area contributed by atoms with E-state index in [9.17, 15) is 14.3 Å². The maximum absolute atomic E-state index is 14.0. The molecule has 0 radical (unpaired) electrons. The molecule has 1 saturated carbocycles. The van der Waals surface area contributed by atoms with Crippen molar-refractivity contribution in [2.24, 2.45) is 0 Å². The van der Waals surface area contributed by atoms with Gasteiger partial charge in [-0.1, -0.05) is 11.2 Å². The molecule has 6 rings (SSSR count). The van der Waals surface area contributed by atoms with Gasteiger partial charge in [0.2, 0.25) is 5.95 Å². The lowest BCUT2D eigenvalue weighted by molar-refractivity contribution is 0.0539. The van der Waals surface area contributed by atoms with Crippen LogP contribution in [0.25, 0.3) is 22.2 Å². The van der Waals surface area contributed by atoms with Gasteiger partial charge in [-0.05, 0) is 90.3 Å². The Balaban J connectivity index is 1.74. The van der Waals surface area contributed by atoms with E-state index in [0.717, 1.165) is 24.1 Å². The first-order valence-corrected chi connectivity index (χ1v) is 13.9. The molecule has 216 valence electrons. The van der Waals surface area contributed by atoms with Gasteiger partial charge in [0.25, 0.3) is 0 Å². The quantitative estimate of drug-likeness (QED) is 0.239. The number of halogens is 1. The summed E-state index contributed by atoms with van der Waals surface area (Å²) in [6.07, 6.45) is 4.09. The van der Waals surface area contributed by atoms with Crippen LogP contribution in [0.15, 0.2) is 53.3 Å². The number of hydrogen-bond donors (Lipinski definition) is 1. The fourth-order valence-corrected chi connectivity index (χ4v) is 5.37. The Kier molecular flexibility index (Phi) is 6.49. The molecule has 1 fully saturated rings. The van der Waals surface area contributed by atoms with Gasteiger partial charge in [-0.2, -0.15) is 4.39 Å². The number of benzene rings is 1. The van der Waals surface area contributed by atoms with E-state index in [1.165, 1.54) is 22.9 Å². The fourth-order valence-electron chi connectivity index (χ4n) is 5.37. The number of aliphatic hydroxyl groups is 1. The Labute approximate surface area is 242 Å². The predicted octanol–water partition coefficient (Wildman–Crippen LogP) is 6.49. The second-order valence-corrected chi connectivity index (χ2v) is 11.9. The molecule has 4 heterocycles. The Hall–Kier alpha value is -4.44. The van der Waals surface area contributed by atoms with Crippen LogP contribution in [0.4, 0.5) is 9.18 Å². The van der Waals surface area contributed by atoms with Gasteiger partial charge in [-0.15, -0.1) is 0 Å². The average molecular weight is 570 g/mol. The van der Waals surface area contributed by atoms with E-state index in [0.29, 0.717) is 50.6 Å². The Morgan fingerprint density at radius 3 is 2.29 bits per heavy atom. The molecule has 5 aromatic rings. The molecule has 0 amide bonds. The molecule has 0 spiro atoms. The standard InChI is InChI=1S/C32H32FN5O4/c1-17-7-10-22(15-34-17)32(40,23-11-12-26(33)35-16-23)24-13-21(27-18(2)37-42-19(27)3)14-25-28(24)36-29(20-8-9-20)38(25)30(39)41-31(4,5)6/h7,10-16,20,40H,8-9H2,1-6H3. The van der Waals surface area contributed by atoms with Gasteiger partial charge in [-0.25, -0.2) is 19.3 Å². The number of rotatable bonds is 5. The van der Waals surface area contributed by atoms with Crippen LogP contribution in [0.3, 0.4) is 0 Å². The minimum Gasteiger partial charge on any atom is -0.443 e. The first-order valence-electron chi connectivity index (χ1n) is 13.9. The molecular formula is C32H32FN5O4. The number of fused-ring (bicyclic) bond motifs is 1. The first kappa shape index (κ1) is 27.7. The van der Waals surface area contributed by atoms with Gasteiger partial charge >= 0.3 is 6.09 Å².